The lowest BCUT2D eigenvalue weighted by Gasteiger charge is -2.44. The molecular weight excluding hydrogens is 282 g/mol. The minimum absolute atomic E-state index is 0.00421. The molecule has 0 aromatic carbocycles. The lowest BCUT2D eigenvalue weighted by molar-refractivity contribution is -0.179. The van der Waals surface area contributed by atoms with Gasteiger partial charge in [-0.15, -0.1) is 0 Å². The molecule has 22 heavy (non-hydrogen) atoms. The van der Waals surface area contributed by atoms with Gasteiger partial charge in [0.2, 0.25) is 5.91 Å². The first kappa shape index (κ1) is 15.8. The van der Waals surface area contributed by atoms with Gasteiger partial charge < -0.3 is 14.8 Å². The molecule has 2 aliphatic heterocycles. The van der Waals surface area contributed by atoms with E-state index in [0.717, 1.165) is 12.8 Å². The van der Waals surface area contributed by atoms with Gasteiger partial charge in [-0.05, 0) is 26.7 Å². The number of rotatable bonds is 2. The minimum atomic E-state index is -0.669. The molecule has 0 radical (unpaired) electrons. The SMILES string of the molecule is CC1(C)C[C@]2(CCO1)OC(=O)C[C@H]2C(=O)NC1CCCCC1. The van der Waals surface area contributed by atoms with Crippen LogP contribution in [0.25, 0.3) is 0 Å². The molecule has 0 bridgehead atoms. The summed E-state index contributed by atoms with van der Waals surface area (Å²) in [7, 11) is 0. The van der Waals surface area contributed by atoms with Gasteiger partial charge in [-0.25, -0.2) is 0 Å². The molecule has 0 aromatic heterocycles. The van der Waals surface area contributed by atoms with Crippen LogP contribution in [0.3, 0.4) is 0 Å². The van der Waals surface area contributed by atoms with Gasteiger partial charge in [0, 0.05) is 18.9 Å². The Bertz CT molecular complexity index is 456. The van der Waals surface area contributed by atoms with Gasteiger partial charge in [-0.2, -0.15) is 0 Å². The third-order valence-electron chi connectivity index (χ3n) is 5.33. The molecular formula is C17H27NO4. The molecule has 5 heteroatoms. The van der Waals surface area contributed by atoms with Crippen LogP contribution < -0.4 is 5.32 Å². The van der Waals surface area contributed by atoms with E-state index in [4.69, 9.17) is 9.47 Å². The van der Waals surface area contributed by atoms with Gasteiger partial charge >= 0.3 is 5.97 Å². The first-order valence-electron chi connectivity index (χ1n) is 8.56. The molecule has 2 heterocycles. The molecule has 3 fully saturated rings. The maximum Gasteiger partial charge on any atom is 0.307 e. The summed E-state index contributed by atoms with van der Waals surface area (Å²) >= 11 is 0. The second-order valence-electron chi connectivity index (χ2n) is 7.67. The predicted molar refractivity (Wildman–Crippen MR) is 81.2 cm³/mol. The van der Waals surface area contributed by atoms with Gasteiger partial charge in [0.1, 0.15) is 5.60 Å². The van der Waals surface area contributed by atoms with Crippen molar-refractivity contribution in [2.45, 2.75) is 82.5 Å². The van der Waals surface area contributed by atoms with Crippen molar-refractivity contribution in [2.75, 3.05) is 6.61 Å². The highest BCUT2D eigenvalue weighted by Gasteiger charge is 2.56. The zero-order valence-electron chi connectivity index (χ0n) is 13.7. The van der Waals surface area contributed by atoms with Crippen molar-refractivity contribution in [3.05, 3.63) is 0 Å². The zero-order chi connectivity index (χ0) is 15.8. The summed E-state index contributed by atoms with van der Waals surface area (Å²) in [6.45, 7) is 4.53. The van der Waals surface area contributed by atoms with E-state index >= 15 is 0 Å². The van der Waals surface area contributed by atoms with Crippen LogP contribution in [0.5, 0.6) is 0 Å². The Morgan fingerprint density at radius 1 is 1.23 bits per heavy atom. The molecule has 5 nitrogen and oxygen atoms in total. The third kappa shape index (κ3) is 3.14. The highest BCUT2D eigenvalue weighted by atomic mass is 16.6. The molecule has 3 aliphatic rings. The number of hydrogen-bond donors (Lipinski definition) is 1. The Hall–Kier alpha value is -1.10. The van der Waals surface area contributed by atoms with Crippen molar-refractivity contribution in [1.82, 2.24) is 5.32 Å². The molecule has 1 saturated carbocycles. The normalized spacial score (nSPS) is 35.4. The summed E-state index contributed by atoms with van der Waals surface area (Å²) in [4.78, 5) is 24.7. The molecule has 2 atom stereocenters. The van der Waals surface area contributed by atoms with Crippen molar-refractivity contribution in [3.63, 3.8) is 0 Å². The summed E-state index contributed by atoms with van der Waals surface area (Å²) < 4.78 is 11.4. The summed E-state index contributed by atoms with van der Waals surface area (Å²) in [5.41, 5.74) is -1.02. The monoisotopic (exact) mass is 309 g/mol. The summed E-state index contributed by atoms with van der Waals surface area (Å²) in [6.07, 6.45) is 7.12. The summed E-state index contributed by atoms with van der Waals surface area (Å²) in [6, 6.07) is 0.266. The number of carbonyl (C=O) groups excluding carboxylic acids is 2. The number of nitrogens with one attached hydrogen (secondary N) is 1. The Morgan fingerprint density at radius 2 is 1.95 bits per heavy atom. The number of amides is 1. The lowest BCUT2D eigenvalue weighted by Crippen LogP contribution is -2.54. The topological polar surface area (TPSA) is 64.6 Å². The Balaban J connectivity index is 1.72. The van der Waals surface area contributed by atoms with E-state index in [1.165, 1.54) is 19.3 Å². The second-order valence-corrected chi connectivity index (χ2v) is 7.67. The molecule has 3 rings (SSSR count). The summed E-state index contributed by atoms with van der Waals surface area (Å²) in [5.74, 6) is -0.623. The molecule has 1 N–H and O–H groups in total. The van der Waals surface area contributed by atoms with Gasteiger partial charge in [0.15, 0.2) is 0 Å². The van der Waals surface area contributed by atoms with Gasteiger partial charge in [-0.3, -0.25) is 9.59 Å². The molecule has 1 spiro atoms. The van der Waals surface area contributed by atoms with Crippen LogP contribution in [0.1, 0.15) is 65.2 Å². The standard InChI is InChI=1S/C17H27NO4/c1-16(2)11-17(8-9-21-16)13(10-14(19)22-17)15(20)18-12-6-4-3-5-7-12/h12-13H,3-11H2,1-2H3,(H,18,20)/t13-,17-/m0/s1. The van der Waals surface area contributed by atoms with Crippen LogP contribution in [0.4, 0.5) is 0 Å². The Labute approximate surface area is 132 Å². The maximum absolute atomic E-state index is 12.8. The largest absolute Gasteiger partial charge is 0.458 e. The van der Waals surface area contributed by atoms with E-state index in [2.05, 4.69) is 5.32 Å². The molecule has 1 aliphatic carbocycles. The van der Waals surface area contributed by atoms with E-state index in [0.29, 0.717) is 19.4 Å². The number of carbonyl (C=O) groups is 2. The number of hydrogen-bond acceptors (Lipinski definition) is 4. The highest BCUT2D eigenvalue weighted by molar-refractivity contribution is 5.88. The molecule has 1 amide bonds. The van der Waals surface area contributed by atoms with Gasteiger partial charge in [-0.1, -0.05) is 19.3 Å². The molecule has 2 saturated heterocycles. The van der Waals surface area contributed by atoms with Crippen molar-refractivity contribution < 1.29 is 19.1 Å². The van der Waals surface area contributed by atoms with Crippen molar-refractivity contribution in [3.8, 4) is 0 Å². The van der Waals surface area contributed by atoms with E-state index in [1.807, 2.05) is 13.8 Å². The van der Waals surface area contributed by atoms with Crippen LogP contribution in [0, 0.1) is 5.92 Å². The summed E-state index contributed by atoms with van der Waals surface area (Å²) in [5, 5.41) is 3.17. The number of ether oxygens (including phenoxy) is 2. The van der Waals surface area contributed by atoms with Crippen LogP contribution >= 0.6 is 0 Å². The van der Waals surface area contributed by atoms with Crippen LogP contribution in [0.15, 0.2) is 0 Å². The second kappa shape index (κ2) is 5.84. The molecule has 0 aromatic rings. The predicted octanol–water partition coefficient (Wildman–Crippen LogP) is 2.33. The minimum Gasteiger partial charge on any atom is -0.458 e. The van der Waals surface area contributed by atoms with Crippen LogP contribution in [-0.2, 0) is 19.1 Å². The fourth-order valence-electron chi connectivity index (χ4n) is 4.32. The Morgan fingerprint density at radius 3 is 2.64 bits per heavy atom. The first-order valence-corrected chi connectivity index (χ1v) is 8.56. The van der Waals surface area contributed by atoms with Gasteiger partial charge in [0.05, 0.1) is 24.5 Å². The smallest absolute Gasteiger partial charge is 0.307 e. The highest BCUT2D eigenvalue weighted by Crippen LogP contribution is 2.45. The van der Waals surface area contributed by atoms with Gasteiger partial charge in [0.25, 0.3) is 0 Å². The maximum atomic E-state index is 12.8. The van der Waals surface area contributed by atoms with Crippen molar-refractivity contribution in [2.24, 2.45) is 5.92 Å². The lowest BCUT2D eigenvalue weighted by atomic mass is 9.75. The third-order valence-corrected chi connectivity index (χ3v) is 5.33. The zero-order valence-corrected chi connectivity index (χ0v) is 13.7. The average molecular weight is 309 g/mol. The molecule has 0 unspecified atom stereocenters. The fourth-order valence-corrected chi connectivity index (χ4v) is 4.32. The quantitative estimate of drug-likeness (QED) is 0.795. The first-order chi connectivity index (χ1) is 10.4. The van der Waals surface area contributed by atoms with Crippen molar-refractivity contribution >= 4 is 11.9 Å². The number of esters is 1. The van der Waals surface area contributed by atoms with Crippen LogP contribution in [-0.4, -0.2) is 35.7 Å². The van der Waals surface area contributed by atoms with Crippen LogP contribution in [0.2, 0.25) is 0 Å². The molecule has 124 valence electrons. The van der Waals surface area contributed by atoms with E-state index in [9.17, 15) is 9.59 Å². The average Bonchev–Trinajstić information content (AvgIpc) is 2.74. The van der Waals surface area contributed by atoms with Crippen molar-refractivity contribution in [1.29, 1.82) is 0 Å². The Kier molecular flexibility index (Phi) is 4.19. The van der Waals surface area contributed by atoms with E-state index in [1.54, 1.807) is 0 Å². The van der Waals surface area contributed by atoms with E-state index in [-0.39, 0.29) is 35.9 Å². The van der Waals surface area contributed by atoms with E-state index < -0.39 is 5.60 Å². The fraction of sp³-hybridized carbons (Fsp3) is 0.882.